The van der Waals surface area contributed by atoms with Crippen LogP contribution in [0.4, 0.5) is 11.4 Å². The lowest BCUT2D eigenvalue weighted by Gasteiger charge is -2.30. The molecule has 128 valence electrons. The van der Waals surface area contributed by atoms with E-state index in [2.05, 4.69) is 5.10 Å². The second kappa shape index (κ2) is 6.44. The molecule has 0 bridgehead atoms. The minimum atomic E-state index is -1.57. The molecule has 0 amide bonds. The molecule has 1 heterocycles. The zero-order chi connectivity index (χ0) is 18.1. The van der Waals surface area contributed by atoms with Crippen molar-refractivity contribution in [1.82, 2.24) is 0 Å². The number of aliphatic carboxylic acids is 1. The van der Waals surface area contributed by atoms with Gasteiger partial charge in [-0.3, -0.25) is 10.1 Å². The molecule has 1 N–H and O–H groups in total. The summed E-state index contributed by atoms with van der Waals surface area (Å²) >= 11 is 6.05. The highest BCUT2D eigenvalue weighted by Gasteiger charge is 2.48. The van der Waals surface area contributed by atoms with Crippen LogP contribution in [0.5, 0.6) is 0 Å². The van der Waals surface area contributed by atoms with Crippen LogP contribution in [0.2, 0.25) is 5.02 Å². The van der Waals surface area contributed by atoms with Gasteiger partial charge in [-0.15, -0.1) is 0 Å². The third kappa shape index (κ3) is 3.02. The van der Waals surface area contributed by atoms with Gasteiger partial charge >= 0.3 is 11.9 Å². The van der Waals surface area contributed by atoms with Gasteiger partial charge in [0.2, 0.25) is 0 Å². The Morgan fingerprint density at radius 1 is 1.54 bits per heavy atom. The van der Waals surface area contributed by atoms with Crippen molar-refractivity contribution < 1.29 is 24.4 Å². The van der Waals surface area contributed by atoms with Crippen molar-refractivity contribution in [3.8, 4) is 0 Å². The van der Waals surface area contributed by atoms with Crippen molar-refractivity contribution in [3.63, 3.8) is 0 Å². The summed E-state index contributed by atoms with van der Waals surface area (Å²) in [6.45, 7) is 3.12. The summed E-state index contributed by atoms with van der Waals surface area (Å²) in [5, 5.41) is 25.4. The van der Waals surface area contributed by atoms with Crippen molar-refractivity contribution in [2.24, 2.45) is 5.10 Å². The van der Waals surface area contributed by atoms with Crippen LogP contribution in [0.3, 0.4) is 0 Å². The number of anilines is 1. The van der Waals surface area contributed by atoms with E-state index in [0.29, 0.717) is 0 Å². The molecule has 0 radical (unpaired) electrons. The maximum absolute atomic E-state index is 11.9. The Morgan fingerprint density at radius 2 is 2.21 bits per heavy atom. The first-order valence-corrected chi connectivity index (χ1v) is 7.30. The first kappa shape index (κ1) is 17.7. The van der Waals surface area contributed by atoms with E-state index in [-0.39, 0.29) is 35.1 Å². The van der Waals surface area contributed by atoms with Crippen LogP contribution in [0.1, 0.15) is 20.3 Å². The largest absolute Gasteiger partial charge is 0.479 e. The minimum Gasteiger partial charge on any atom is -0.479 e. The van der Waals surface area contributed by atoms with E-state index in [1.54, 1.807) is 6.92 Å². The zero-order valence-electron chi connectivity index (χ0n) is 12.9. The molecule has 0 saturated carbocycles. The first-order chi connectivity index (χ1) is 11.2. The molecular formula is C14H14ClN3O6. The third-order valence-corrected chi connectivity index (χ3v) is 3.84. The maximum Gasteiger partial charge on any atom is 0.354 e. The van der Waals surface area contributed by atoms with E-state index in [9.17, 15) is 24.8 Å². The van der Waals surface area contributed by atoms with Crippen LogP contribution in [-0.4, -0.2) is 39.8 Å². The summed E-state index contributed by atoms with van der Waals surface area (Å²) in [7, 11) is 0. The molecule has 1 aliphatic rings. The standard InChI is InChI=1S/C14H14ClN3O6/c1-3-24-12(19)10-7-14(2,13(20)21)17(16-10)11-5-4-8(18(22)23)6-9(11)15/h4-6H,3,7H2,1-2H3,(H,20,21)/t14-/m0/s1. The van der Waals surface area contributed by atoms with Crippen molar-refractivity contribution >= 4 is 40.6 Å². The molecule has 9 nitrogen and oxygen atoms in total. The third-order valence-electron chi connectivity index (χ3n) is 3.54. The number of hydrogen-bond acceptors (Lipinski definition) is 7. The normalized spacial score (nSPS) is 19.8. The number of hydrogen-bond donors (Lipinski definition) is 1. The number of carbonyl (C=O) groups is 2. The van der Waals surface area contributed by atoms with Crippen LogP contribution in [0, 0.1) is 10.1 Å². The van der Waals surface area contributed by atoms with Crippen LogP contribution < -0.4 is 5.01 Å². The number of hydrazone groups is 1. The molecule has 1 aliphatic heterocycles. The van der Waals surface area contributed by atoms with Crippen molar-refractivity contribution in [2.45, 2.75) is 25.8 Å². The number of carboxylic acids is 1. The summed E-state index contributed by atoms with van der Waals surface area (Å²) in [5.74, 6) is -1.94. The highest BCUT2D eigenvalue weighted by Crippen LogP contribution is 2.39. The fourth-order valence-electron chi connectivity index (χ4n) is 2.26. The number of halogens is 1. The van der Waals surface area contributed by atoms with Crippen molar-refractivity contribution in [2.75, 3.05) is 11.6 Å². The number of rotatable bonds is 5. The smallest absolute Gasteiger partial charge is 0.354 e. The van der Waals surface area contributed by atoms with Gasteiger partial charge in [0.15, 0.2) is 5.54 Å². The van der Waals surface area contributed by atoms with Gasteiger partial charge in [-0.2, -0.15) is 5.10 Å². The molecule has 24 heavy (non-hydrogen) atoms. The Kier molecular flexibility index (Phi) is 4.74. The average Bonchev–Trinajstić information content (AvgIpc) is 2.86. The fourth-order valence-corrected chi connectivity index (χ4v) is 2.52. The van der Waals surface area contributed by atoms with Crippen molar-refractivity contribution in [1.29, 1.82) is 0 Å². The molecule has 0 aliphatic carbocycles. The van der Waals surface area contributed by atoms with E-state index in [0.717, 1.165) is 11.1 Å². The Labute approximate surface area is 141 Å². The van der Waals surface area contributed by atoms with E-state index in [1.807, 2.05) is 0 Å². The summed E-state index contributed by atoms with van der Waals surface area (Å²) in [6.07, 6.45) is -0.186. The number of carbonyl (C=O) groups excluding carboxylic acids is 1. The second-order valence-corrected chi connectivity index (χ2v) is 5.63. The van der Waals surface area contributed by atoms with Crippen LogP contribution in [-0.2, 0) is 14.3 Å². The SMILES string of the molecule is CCOC(=O)C1=NN(c2ccc([N+](=O)[O-])cc2Cl)[C@](C)(C(=O)O)C1. The predicted molar refractivity (Wildman–Crippen MR) is 85.3 cm³/mol. The molecule has 0 fully saturated rings. The van der Waals surface area contributed by atoms with Gasteiger partial charge < -0.3 is 9.84 Å². The Morgan fingerprint density at radius 3 is 2.71 bits per heavy atom. The number of nitro groups is 1. The molecule has 0 spiro atoms. The van der Waals surface area contributed by atoms with Gasteiger partial charge in [-0.25, -0.2) is 14.6 Å². The van der Waals surface area contributed by atoms with Crippen LogP contribution in [0.25, 0.3) is 0 Å². The maximum atomic E-state index is 11.9. The lowest BCUT2D eigenvalue weighted by Crippen LogP contribution is -2.47. The Balaban J connectivity index is 2.49. The monoisotopic (exact) mass is 355 g/mol. The van der Waals surface area contributed by atoms with Crippen LogP contribution in [0.15, 0.2) is 23.3 Å². The number of carboxylic acid groups (broad SMARTS) is 1. The number of nitrogens with zero attached hydrogens (tertiary/aromatic N) is 3. The molecule has 1 aromatic rings. The number of nitro benzene ring substituents is 1. The summed E-state index contributed by atoms with van der Waals surface area (Å²) in [4.78, 5) is 33.7. The van der Waals surface area contributed by atoms with Gasteiger partial charge in [0.1, 0.15) is 5.71 Å². The number of ether oxygens (including phenoxy) is 1. The molecule has 0 saturated heterocycles. The van der Waals surface area contributed by atoms with Gasteiger partial charge in [-0.1, -0.05) is 11.6 Å². The topological polar surface area (TPSA) is 122 Å². The summed E-state index contributed by atoms with van der Waals surface area (Å²) < 4.78 is 4.85. The average molecular weight is 356 g/mol. The number of esters is 1. The van der Waals surface area contributed by atoms with Crippen molar-refractivity contribution in [3.05, 3.63) is 33.3 Å². The van der Waals surface area contributed by atoms with Gasteiger partial charge in [0.25, 0.3) is 5.69 Å². The van der Waals surface area contributed by atoms with E-state index < -0.39 is 22.4 Å². The minimum absolute atomic E-state index is 0.0504. The number of benzene rings is 1. The van der Waals surface area contributed by atoms with E-state index in [4.69, 9.17) is 16.3 Å². The Hall–Kier alpha value is -2.68. The molecule has 10 heteroatoms. The summed E-state index contributed by atoms with van der Waals surface area (Å²) in [6, 6.07) is 3.57. The summed E-state index contributed by atoms with van der Waals surface area (Å²) in [5.41, 5.74) is -1.72. The quantitative estimate of drug-likeness (QED) is 0.488. The first-order valence-electron chi connectivity index (χ1n) is 6.93. The van der Waals surface area contributed by atoms with E-state index in [1.165, 1.54) is 19.1 Å². The molecular weight excluding hydrogens is 342 g/mol. The second-order valence-electron chi connectivity index (χ2n) is 5.23. The molecule has 0 unspecified atom stereocenters. The highest BCUT2D eigenvalue weighted by atomic mass is 35.5. The lowest BCUT2D eigenvalue weighted by atomic mass is 9.95. The molecule has 0 aromatic heterocycles. The fraction of sp³-hybridized carbons (Fsp3) is 0.357. The highest BCUT2D eigenvalue weighted by molar-refractivity contribution is 6.39. The Bertz CT molecular complexity index is 750. The molecule has 1 aromatic carbocycles. The van der Waals surface area contributed by atoms with Gasteiger partial charge in [0, 0.05) is 18.6 Å². The van der Waals surface area contributed by atoms with Crippen LogP contribution >= 0.6 is 11.6 Å². The molecule has 2 rings (SSSR count). The lowest BCUT2D eigenvalue weighted by molar-refractivity contribution is -0.384. The van der Waals surface area contributed by atoms with Gasteiger partial charge in [-0.05, 0) is 19.9 Å². The molecule has 1 atom stereocenters. The predicted octanol–water partition coefficient (Wildman–Crippen LogP) is 2.22. The number of non-ortho nitro benzene ring substituents is 1. The zero-order valence-corrected chi connectivity index (χ0v) is 13.6. The van der Waals surface area contributed by atoms with E-state index >= 15 is 0 Å². The van der Waals surface area contributed by atoms with Gasteiger partial charge in [0.05, 0.1) is 22.2 Å².